The number of piperidine rings is 2. The highest BCUT2D eigenvalue weighted by Gasteiger charge is 2.34. The van der Waals surface area contributed by atoms with E-state index in [2.05, 4.69) is 58.3 Å². The van der Waals surface area contributed by atoms with Crippen molar-refractivity contribution in [2.24, 2.45) is 17.8 Å². The molecule has 8 rings (SSSR count). The number of hydrogen-bond acceptors (Lipinski definition) is 12. The lowest BCUT2D eigenvalue weighted by atomic mass is 9.81. The van der Waals surface area contributed by atoms with E-state index in [0.717, 1.165) is 64.2 Å². The van der Waals surface area contributed by atoms with Gasteiger partial charge in [0.1, 0.15) is 18.5 Å². The number of ether oxygens (including phenoxy) is 2. The molecule has 2 unspecified atom stereocenters. The highest BCUT2D eigenvalue weighted by molar-refractivity contribution is 6.31. The van der Waals surface area contributed by atoms with Gasteiger partial charge in [-0.1, -0.05) is 35.3 Å². The summed E-state index contributed by atoms with van der Waals surface area (Å²) >= 11 is 12.3. The Morgan fingerprint density at radius 1 is 0.909 bits per heavy atom. The van der Waals surface area contributed by atoms with Gasteiger partial charge < -0.3 is 45.6 Å². The summed E-state index contributed by atoms with van der Waals surface area (Å²) in [5.41, 5.74) is 3.83. The van der Waals surface area contributed by atoms with Gasteiger partial charge in [0.15, 0.2) is 10.8 Å². The van der Waals surface area contributed by atoms with E-state index in [1.165, 1.54) is 28.7 Å². The molecule has 6 heterocycles. The van der Waals surface area contributed by atoms with Crippen molar-refractivity contribution in [1.82, 2.24) is 40.0 Å². The van der Waals surface area contributed by atoms with Crippen molar-refractivity contribution < 1.29 is 33.8 Å². The van der Waals surface area contributed by atoms with Crippen molar-refractivity contribution in [2.45, 2.75) is 76.5 Å². The van der Waals surface area contributed by atoms with Gasteiger partial charge >= 0.3 is 6.03 Å². The fraction of sp³-hybridized carbons (Fsp3) is 0.543. The Bertz CT molecular complexity index is 2360. The fourth-order valence-corrected chi connectivity index (χ4v) is 10.1. The minimum Gasteiger partial charge on any atom is -0.474 e. The number of nitrogens with zero attached hydrogens (tertiary/aromatic N) is 7. The number of anilines is 3. The summed E-state index contributed by atoms with van der Waals surface area (Å²) in [5.74, 6) is 0.434. The molecular weight excluding hydrogens is 889 g/mol. The van der Waals surface area contributed by atoms with Crippen LogP contribution in [0.2, 0.25) is 10.2 Å². The number of methoxy groups -OCH3 is 1. The number of nitrogens with one attached hydrogen (secondary N) is 4. The molecule has 4 fully saturated rings. The first kappa shape index (κ1) is 47.2. The van der Waals surface area contributed by atoms with Gasteiger partial charge in [-0.25, -0.2) is 19.3 Å². The number of urea groups is 1. The summed E-state index contributed by atoms with van der Waals surface area (Å²) in [6.45, 7) is 8.31. The van der Waals surface area contributed by atoms with Crippen LogP contribution in [-0.2, 0) is 19.1 Å². The van der Waals surface area contributed by atoms with Crippen molar-refractivity contribution in [3.63, 3.8) is 0 Å². The number of fused-ring (bicyclic) bond motifs is 1. The van der Waals surface area contributed by atoms with Gasteiger partial charge in [-0.3, -0.25) is 19.3 Å². The number of halogens is 2. The van der Waals surface area contributed by atoms with Gasteiger partial charge in [-0.15, -0.1) is 0 Å². The molecule has 0 radical (unpaired) electrons. The number of carbonyl (C=O) groups is 4. The van der Waals surface area contributed by atoms with E-state index in [0.29, 0.717) is 61.5 Å². The van der Waals surface area contributed by atoms with E-state index in [1.807, 2.05) is 17.0 Å². The lowest BCUT2D eigenvalue weighted by Crippen LogP contribution is -2.52. The summed E-state index contributed by atoms with van der Waals surface area (Å²) in [7, 11) is 1.54. The molecule has 3 aliphatic heterocycles. The molecule has 354 valence electrons. The number of amides is 5. The minimum atomic E-state index is -0.847. The Labute approximate surface area is 394 Å². The Kier molecular flexibility index (Phi) is 15.4. The fourth-order valence-electron chi connectivity index (χ4n) is 9.73. The van der Waals surface area contributed by atoms with Crippen LogP contribution in [0.3, 0.4) is 0 Å². The number of hydrogen-bond donors (Lipinski definition) is 5. The zero-order valence-electron chi connectivity index (χ0n) is 37.4. The van der Waals surface area contributed by atoms with E-state index in [1.54, 1.807) is 20.1 Å². The van der Waals surface area contributed by atoms with Gasteiger partial charge in [0.25, 0.3) is 0 Å². The molecule has 3 atom stereocenters. The lowest BCUT2D eigenvalue weighted by molar-refractivity contribution is -0.140. The Morgan fingerprint density at radius 2 is 1.65 bits per heavy atom. The van der Waals surface area contributed by atoms with Crippen LogP contribution >= 0.6 is 23.2 Å². The molecule has 18 nitrogen and oxygen atoms in total. The third-order valence-electron chi connectivity index (χ3n) is 13.5. The van der Waals surface area contributed by atoms with Gasteiger partial charge in [0.2, 0.25) is 23.6 Å². The summed E-state index contributed by atoms with van der Waals surface area (Å²) in [6.07, 6.45) is 7.54. The first-order valence-corrected chi connectivity index (χ1v) is 23.7. The molecule has 1 aliphatic carbocycles. The van der Waals surface area contributed by atoms with E-state index in [4.69, 9.17) is 32.7 Å². The quantitative estimate of drug-likeness (QED) is 0.100. The highest BCUT2D eigenvalue weighted by atomic mass is 35.5. The number of piperazine rings is 1. The van der Waals surface area contributed by atoms with Crippen LogP contribution in [0, 0.1) is 17.8 Å². The lowest BCUT2D eigenvalue weighted by Gasteiger charge is -2.40. The van der Waals surface area contributed by atoms with E-state index in [-0.39, 0.29) is 70.4 Å². The number of aliphatic hydroxyl groups excluding tert-OH is 1. The normalized spacial score (nSPS) is 22.4. The van der Waals surface area contributed by atoms with Crippen molar-refractivity contribution >= 4 is 69.7 Å². The third kappa shape index (κ3) is 11.5. The molecule has 5 N–H and O–H groups in total. The number of aliphatic hydroxyl groups is 1. The predicted octanol–water partition coefficient (Wildman–Crippen LogP) is 5.46. The zero-order chi connectivity index (χ0) is 46.3. The summed E-state index contributed by atoms with van der Waals surface area (Å²) in [5, 5.41) is 26.4. The molecule has 4 aromatic rings. The molecule has 1 aromatic carbocycles. The number of rotatable bonds is 14. The van der Waals surface area contributed by atoms with Crippen LogP contribution < -0.4 is 30.9 Å². The molecule has 1 saturated carbocycles. The smallest absolute Gasteiger partial charge is 0.323 e. The molecule has 5 amide bonds. The minimum absolute atomic E-state index is 0.0656. The Hall–Kier alpha value is -5.27. The molecule has 3 aromatic heterocycles. The van der Waals surface area contributed by atoms with Crippen molar-refractivity contribution in [3.05, 3.63) is 70.2 Å². The van der Waals surface area contributed by atoms with E-state index in [9.17, 15) is 24.3 Å². The topological polar surface area (TPSA) is 208 Å². The molecule has 0 bridgehead atoms. The number of pyridine rings is 1. The third-order valence-corrected chi connectivity index (χ3v) is 13.9. The van der Waals surface area contributed by atoms with E-state index >= 15 is 0 Å². The number of benzene rings is 1. The molecule has 3 saturated heterocycles. The zero-order valence-corrected chi connectivity index (χ0v) is 38.9. The summed E-state index contributed by atoms with van der Waals surface area (Å²) in [4.78, 5) is 67.2. The van der Waals surface area contributed by atoms with Gasteiger partial charge in [0.05, 0.1) is 35.2 Å². The van der Waals surface area contributed by atoms with Crippen LogP contribution in [-0.4, -0.2) is 131 Å². The van der Waals surface area contributed by atoms with E-state index < -0.39 is 18.4 Å². The molecule has 20 heteroatoms. The van der Waals surface area contributed by atoms with Crippen LogP contribution in [0.1, 0.15) is 81.6 Å². The van der Waals surface area contributed by atoms with Crippen molar-refractivity contribution in [3.8, 4) is 5.88 Å². The second-order valence-corrected chi connectivity index (χ2v) is 18.6. The van der Waals surface area contributed by atoms with Crippen LogP contribution in [0.5, 0.6) is 5.88 Å². The first-order chi connectivity index (χ1) is 31.9. The maximum absolute atomic E-state index is 13.6. The van der Waals surface area contributed by atoms with Crippen molar-refractivity contribution in [1.29, 1.82) is 0 Å². The predicted molar refractivity (Wildman–Crippen MR) is 250 cm³/mol. The van der Waals surface area contributed by atoms with Gasteiger partial charge in [-0.2, -0.15) is 5.10 Å². The highest BCUT2D eigenvalue weighted by Crippen LogP contribution is 2.34. The first-order valence-electron chi connectivity index (χ1n) is 23.0. The Morgan fingerprint density at radius 3 is 2.39 bits per heavy atom. The van der Waals surface area contributed by atoms with Gasteiger partial charge in [0, 0.05) is 95.0 Å². The monoisotopic (exact) mass is 947 g/mol. The largest absolute Gasteiger partial charge is 0.474 e. The number of carbonyl (C=O) groups excluding carboxylic acids is 4. The van der Waals surface area contributed by atoms with Crippen LogP contribution in [0.15, 0.2) is 48.8 Å². The summed E-state index contributed by atoms with van der Waals surface area (Å²) in [6, 6.07) is 10.9. The molecular formula is C46H59Cl2N11O7. The van der Waals surface area contributed by atoms with Gasteiger partial charge in [-0.05, 0) is 81.5 Å². The maximum Gasteiger partial charge on any atom is 0.323 e. The average Bonchev–Trinajstić information content (AvgIpc) is 3.71. The van der Waals surface area contributed by atoms with Crippen molar-refractivity contribution in [2.75, 3.05) is 81.6 Å². The molecule has 4 aliphatic rings. The average molecular weight is 949 g/mol. The second kappa shape index (κ2) is 21.6. The maximum atomic E-state index is 13.6. The van der Waals surface area contributed by atoms with Crippen LogP contribution in [0.4, 0.5) is 21.9 Å². The molecule has 0 spiro atoms. The molecule has 66 heavy (non-hydrogen) atoms. The number of aromatic nitrogens is 4. The van der Waals surface area contributed by atoms with Crippen LogP contribution in [0.25, 0.3) is 5.65 Å². The standard InChI is InChI=1S/C46H59Cl2N11O7/c1-28(65-2)41-37(26-50-39-24-38(48)55-59(39)41)53-46(64)52-36-23-33(47)25-51-44(36)66-21-14-49-42(61)30-6-8-31(9-7-30)45(63)58-19-17-56(18-20-58)27-29-12-15-57(16-13-29)34-5-3-4-32(22-34)35-10-11-40(60)54-43(35)62/h3-5,22-26,28-31,35,43,62H,6-21,27H2,1-2H3,(H,49,61)(H,54,60)(H2,52,53,64)/t28-,30?,31?,35?,43?/m1/s1. The SMILES string of the molecule is CO[C@H](C)c1c(NC(=O)Nc2cc(Cl)cnc2OCCNC(=O)C2CCC(C(=O)N3CCN(CC4CCN(c5cccc(C6CCC(=O)NC6O)c5)CC4)CC3)CC2)cnc2cc(Cl)nn12. The second-order valence-electron chi connectivity index (χ2n) is 17.8. The Balaban J connectivity index is 0.723. The summed E-state index contributed by atoms with van der Waals surface area (Å²) < 4.78 is 12.9.